The first kappa shape index (κ1) is 23.5. The average molecular weight is 525 g/mol. The third kappa shape index (κ3) is 4.99. The van der Waals surface area contributed by atoms with Crippen LogP contribution < -0.4 is 9.62 Å². The second-order valence-corrected chi connectivity index (χ2v) is 10.2. The minimum Gasteiger partial charge on any atom is -0.306 e. The van der Waals surface area contributed by atoms with Crippen molar-refractivity contribution < 1.29 is 18.0 Å². The third-order valence-corrected chi connectivity index (χ3v) is 7.33. The molecule has 2 heterocycles. The standard InChI is InChI=1S/C22H16Cl3N3O4S/c23-13-4-8-19-16(10-13)20(29)2-1-9-28(19)22(30)18-7-5-15(12-26-18)27-33(31,32)21-11-14(24)3-6-17(21)25/h3-8,10-12,27H,1-2,9H2. The number of anilines is 2. The maximum atomic E-state index is 13.2. The molecular formula is C22H16Cl3N3O4S. The number of rotatable bonds is 4. The van der Waals surface area contributed by atoms with Crippen LogP contribution in [0, 0.1) is 0 Å². The van der Waals surface area contributed by atoms with Gasteiger partial charge in [0.1, 0.15) is 10.6 Å². The number of pyridine rings is 1. The summed E-state index contributed by atoms with van der Waals surface area (Å²) in [5.41, 5.74) is 1.08. The molecule has 4 rings (SSSR count). The molecule has 11 heteroatoms. The molecule has 2 aromatic carbocycles. The Labute approximate surface area is 205 Å². The molecule has 33 heavy (non-hydrogen) atoms. The lowest BCUT2D eigenvalue weighted by atomic mass is 10.1. The van der Waals surface area contributed by atoms with Crippen LogP contribution in [0.4, 0.5) is 11.4 Å². The molecule has 0 bridgehead atoms. The summed E-state index contributed by atoms with van der Waals surface area (Å²) >= 11 is 17.9. The van der Waals surface area contributed by atoms with Crippen LogP contribution >= 0.6 is 34.8 Å². The number of benzene rings is 2. The van der Waals surface area contributed by atoms with E-state index in [9.17, 15) is 18.0 Å². The molecule has 0 unspecified atom stereocenters. The first-order valence-corrected chi connectivity index (χ1v) is 12.4. The molecule has 0 saturated heterocycles. The highest BCUT2D eigenvalue weighted by atomic mass is 35.5. The molecule has 0 atom stereocenters. The second kappa shape index (κ2) is 9.30. The van der Waals surface area contributed by atoms with Gasteiger partial charge in [-0.15, -0.1) is 0 Å². The van der Waals surface area contributed by atoms with Crippen molar-refractivity contribution >= 4 is 67.9 Å². The van der Waals surface area contributed by atoms with Crippen LogP contribution in [0.5, 0.6) is 0 Å². The minimum absolute atomic E-state index is 0.0149. The predicted molar refractivity (Wildman–Crippen MR) is 128 cm³/mol. The summed E-state index contributed by atoms with van der Waals surface area (Å²) in [6.07, 6.45) is 2.03. The zero-order valence-electron chi connectivity index (χ0n) is 16.9. The Morgan fingerprint density at radius 1 is 1.00 bits per heavy atom. The van der Waals surface area contributed by atoms with Crippen LogP contribution in [-0.4, -0.2) is 31.6 Å². The smallest absolute Gasteiger partial charge is 0.276 e. The maximum Gasteiger partial charge on any atom is 0.276 e. The van der Waals surface area contributed by atoms with E-state index in [4.69, 9.17) is 34.8 Å². The summed E-state index contributed by atoms with van der Waals surface area (Å²) in [6, 6.07) is 11.7. The summed E-state index contributed by atoms with van der Waals surface area (Å²) in [6.45, 7) is 0.336. The molecule has 3 aromatic rings. The number of Topliss-reactive ketones (excluding diaryl/α,β-unsaturated/α-hetero) is 1. The highest BCUT2D eigenvalue weighted by molar-refractivity contribution is 7.92. The third-order valence-electron chi connectivity index (χ3n) is 5.00. The molecule has 1 amide bonds. The lowest BCUT2D eigenvalue weighted by molar-refractivity contribution is 0.0971. The number of aromatic nitrogens is 1. The van der Waals surface area contributed by atoms with Gasteiger partial charge in [0.05, 0.1) is 22.6 Å². The Morgan fingerprint density at radius 2 is 1.73 bits per heavy atom. The Hall–Kier alpha value is -2.65. The van der Waals surface area contributed by atoms with E-state index < -0.39 is 15.9 Å². The number of hydrogen-bond donors (Lipinski definition) is 1. The first-order chi connectivity index (χ1) is 15.7. The quantitative estimate of drug-likeness (QED) is 0.488. The van der Waals surface area contributed by atoms with E-state index in [1.165, 1.54) is 41.4 Å². The predicted octanol–water partition coefficient (Wildman–Crippen LogP) is 5.47. The molecule has 0 saturated carbocycles. The van der Waals surface area contributed by atoms with Gasteiger partial charge in [0, 0.05) is 28.6 Å². The molecule has 0 fully saturated rings. The molecule has 7 nitrogen and oxygen atoms in total. The van der Waals surface area contributed by atoms with E-state index in [-0.39, 0.29) is 32.1 Å². The normalized spacial score (nSPS) is 13.9. The Kier molecular flexibility index (Phi) is 6.63. The fourth-order valence-corrected chi connectivity index (χ4v) is 5.42. The summed E-state index contributed by atoms with van der Waals surface area (Å²) in [4.78, 5) is 31.0. The summed E-state index contributed by atoms with van der Waals surface area (Å²) in [5, 5.41) is 0.642. The number of nitrogens with zero attached hydrogens (tertiary/aromatic N) is 2. The van der Waals surface area contributed by atoms with Crippen molar-refractivity contribution in [3.63, 3.8) is 0 Å². The Bertz CT molecular complexity index is 1360. The number of carbonyl (C=O) groups is 2. The molecule has 1 N–H and O–H groups in total. The van der Waals surface area contributed by atoms with Gasteiger partial charge in [-0.1, -0.05) is 34.8 Å². The van der Waals surface area contributed by atoms with Crippen molar-refractivity contribution in [2.45, 2.75) is 17.7 Å². The number of hydrogen-bond acceptors (Lipinski definition) is 5. The van der Waals surface area contributed by atoms with Crippen LogP contribution in [0.15, 0.2) is 59.6 Å². The van der Waals surface area contributed by atoms with Crippen molar-refractivity contribution in [3.05, 3.63) is 81.1 Å². The van der Waals surface area contributed by atoms with Crippen LogP contribution in [0.3, 0.4) is 0 Å². The van der Waals surface area contributed by atoms with Gasteiger partial charge in [0.2, 0.25) is 0 Å². The monoisotopic (exact) mass is 523 g/mol. The second-order valence-electron chi connectivity index (χ2n) is 7.26. The highest BCUT2D eigenvalue weighted by Crippen LogP contribution is 2.30. The number of nitrogens with one attached hydrogen (secondary N) is 1. The molecule has 1 aliphatic rings. The van der Waals surface area contributed by atoms with Gasteiger partial charge in [-0.3, -0.25) is 14.3 Å². The number of ketones is 1. The van der Waals surface area contributed by atoms with Gasteiger partial charge < -0.3 is 4.90 Å². The maximum absolute atomic E-state index is 13.2. The zero-order chi connectivity index (χ0) is 23.8. The van der Waals surface area contributed by atoms with Crippen molar-refractivity contribution in [2.24, 2.45) is 0 Å². The largest absolute Gasteiger partial charge is 0.306 e. The SMILES string of the molecule is O=C1CCCN(C(=O)c2ccc(NS(=O)(=O)c3cc(Cl)ccc3Cl)cn2)c2ccc(Cl)cc21. The number of amides is 1. The van der Waals surface area contributed by atoms with E-state index in [2.05, 4.69) is 9.71 Å². The molecule has 1 aliphatic heterocycles. The van der Waals surface area contributed by atoms with Gasteiger partial charge >= 0.3 is 0 Å². The van der Waals surface area contributed by atoms with Crippen molar-refractivity contribution in [1.29, 1.82) is 0 Å². The molecule has 0 radical (unpaired) electrons. The van der Waals surface area contributed by atoms with E-state index in [0.29, 0.717) is 35.7 Å². The van der Waals surface area contributed by atoms with Crippen LogP contribution in [0.25, 0.3) is 0 Å². The number of carbonyl (C=O) groups excluding carboxylic acids is 2. The van der Waals surface area contributed by atoms with Crippen LogP contribution in [0.2, 0.25) is 15.1 Å². The fraction of sp³-hybridized carbons (Fsp3) is 0.136. The van der Waals surface area contributed by atoms with E-state index in [1.54, 1.807) is 18.2 Å². The zero-order valence-corrected chi connectivity index (χ0v) is 20.0. The van der Waals surface area contributed by atoms with Gasteiger partial charge in [0.15, 0.2) is 5.78 Å². The molecular weight excluding hydrogens is 509 g/mol. The molecule has 1 aromatic heterocycles. The van der Waals surface area contributed by atoms with E-state index in [0.717, 1.165) is 0 Å². The van der Waals surface area contributed by atoms with Crippen molar-refractivity contribution in [3.8, 4) is 0 Å². The first-order valence-electron chi connectivity index (χ1n) is 9.74. The number of halogens is 3. The topological polar surface area (TPSA) is 96.4 Å². The summed E-state index contributed by atoms with van der Waals surface area (Å²) in [7, 11) is -4.03. The van der Waals surface area contributed by atoms with Crippen molar-refractivity contribution in [2.75, 3.05) is 16.2 Å². The Morgan fingerprint density at radius 3 is 2.45 bits per heavy atom. The number of sulfonamides is 1. The fourth-order valence-electron chi connectivity index (χ4n) is 3.44. The molecule has 170 valence electrons. The summed E-state index contributed by atoms with van der Waals surface area (Å²) < 4.78 is 27.7. The average Bonchev–Trinajstić information content (AvgIpc) is 2.94. The van der Waals surface area contributed by atoms with Crippen molar-refractivity contribution in [1.82, 2.24) is 4.98 Å². The highest BCUT2D eigenvalue weighted by Gasteiger charge is 2.27. The van der Waals surface area contributed by atoms with Crippen LogP contribution in [0.1, 0.15) is 33.7 Å². The van der Waals surface area contributed by atoms with E-state index >= 15 is 0 Å². The van der Waals surface area contributed by atoms with E-state index in [1.807, 2.05) is 0 Å². The summed E-state index contributed by atoms with van der Waals surface area (Å²) in [5.74, 6) is -0.499. The molecule has 0 aliphatic carbocycles. The van der Waals surface area contributed by atoms with Crippen LogP contribution in [-0.2, 0) is 10.0 Å². The lowest BCUT2D eigenvalue weighted by Crippen LogP contribution is -2.32. The minimum atomic E-state index is -4.03. The van der Waals surface area contributed by atoms with Gasteiger partial charge in [-0.25, -0.2) is 13.4 Å². The van der Waals surface area contributed by atoms with Gasteiger partial charge in [-0.05, 0) is 55.0 Å². The Balaban J connectivity index is 1.59. The molecule has 0 spiro atoms. The lowest BCUT2D eigenvalue weighted by Gasteiger charge is -2.22. The van der Waals surface area contributed by atoms with Gasteiger partial charge in [0.25, 0.3) is 15.9 Å². The van der Waals surface area contributed by atoms with Gasteiger partial charge in [-0.2, -0.15) is 0 Å². The number of fused-ring (bicyclic) bond motifs is 1.